The van der Waals surface area contributed by atoms with Crippen molar-refractivity contribution in [3.8, 4) is 0 Å². The van der Waals surface area contributed by atoms with Crippen molar-refractivity contribution < 1.29 is 0 Å². The third-order valence-electron chi connectivity index (χ3n) is 2.68. The van der Waals surface area contributed by atoms with Crippen LogP contribution in [0.1, 0.15) is 43.6 Å². The molecular weight excluding hydrogens is 162 g/mol. The van der Waals surface area contributed by atoms with E-state index >= 15 is 0 Å². The Morgan fingerprint density at radius 1 is 1.54 bits per heavy atom. The van der Waals surface area contributed by atoms with Crippen LogP contribution < -0.4 is 5.32 Å². The summed E-state index contributed by atoms with van der Waals surface area (Å²) in [6, 6.07) is 0. The Morgan fingerprint density at radius 2 is 2.38 bits per heavy atom. The Balaban J connectivity index is 2.12. The van der Waals surface area contributed by atoms with Crippen LogP contribution in [0.25, 0.3) is 0 Å². The second kappa shape index (κ2) is 3.50. The van der Waals surface area contributed by atoms with E-state index in [9.17, 15) is 0 Å². The fourth-order valence-corrected chi connectivity index (χ4v) is 1.74. The lowest BCUT2D eigenvalue weighted by molar-refractivity contribution is 0.706. The van der Waals surface area contributed by atoms with Crippen molar-refractivity contribution in [2.75, 3.05) is 13.1 Å². The normalized spacial score (nSPS) is 22.8. The highest BCUT2D eigenvalue weighted by atomic mass is 15.0. The molecule has 1 fully saturated rings. The molecule has 1 atom stereocenters. The number of H-pyrrole nitrogens is 1. The molecule has 3 nitrogen and oxygen atoms in total. The molecule has 1 unspecified atom stereocenters. The molecule has 2 rings (SSSR count). The minimum atomic E-state index is 0.551. The lowest BCUT2D eigenvalue weighted by atomic mass is 10.1. The highest BCUT2D eigenvalue weighted by Crippen LogP contribution is 2.21. The topological polar surface area (TPSA) is 40.7 Å². The Kier molecular flexibility index (Phi) is 2.36. The van der Waals surface area contributed by atoms with Crippen molar-refractivity contribution in [2.45, 2.75) is 32.1 Å². The van der Waals surface area contributed by atoms with Crippen LogP contribution in [0.15, 0.2) is 6.20 Å². The van der Waals surface area contributed by atoms with Gasteiger partial charge < -0.3 is 10.3 Å². The molecule has 1 aliphatic heterocycles. The maximum Gasteiger partial charge on any atom is 0.110 e. The van der Waals surface area contributed by atoms with Gasteiger partial charge in [0.15, 0.2) is 0 Å². The van der Waals surface area contributed by atoms with E-state index < -0.39 is 0 Å². The summed E-state index contributed by atoms with van der Waals surface area (Å²) >= 11 is 0. The maximum absolute atomic E-state index is 4.42. The monoisotopic (exact) mass is 179 g/mol. The second-order valence-electron chi connectivity index (χ2n) is 4.07. The van der Waals surface area contributed by atoms with Crippen LogP contribution in [0.4, 0.5) is 0 Å². The zero-order chi connectivity index (χ0) is 9.26. The highest BCUT2D eigenvalue weighted by Gasteiger charge is 2.19. The van der Waals surface area contributed by atoms with Crippen molar-refractivity contribution in [1.82, 2.24) is 15.3 Å². The van der Waals surface area contributed by atoms with E-state index in [0.29, 0.717) is 11.8 Å². The predicted octanol–water partition coefficient (Wildman–Crippen LogP) is 1.61. The van der Waals surface area contributed by atoms with Crippen LogP contribution in [-0.2, 0) is 0 Å². The summed E-state index contributed by atoms with van der Waals surface area (Å²) in [4.78, 5) is 7.83. The quantitative estimate of drug-likeness (QED) is 0.724. The van der Waals surface area contributed by atoms with Crippen molar-refractivity contribution in [2.24, 2.45) is 0 Å². The fourth-order valence-electron chi connectivity index (χ4n) is 1.74. The average molecular weight is 179 g/mol. The first-order valence-corrected chi connectivity index (χ1v) is 5.03. The summed E-state index contributed by atoms with van der Waals surface area (Å²) in [6.45, 7) is 6.57. The van der Waals surface area contributed by atoms with Crippen molar-refractivity contribution in [3.05, 3.63) is 17.7 Å². The van der Waals surface area contributed by atoms with Crippen LogP contribution in [0.3, 0.4) is 0 Å². The maximum atomic E-state index is 4.42. The van der Waals surface area contributed by atoms with Gasteiger partial charge in [0.25, 0.3) is 0 Å². The second-order valence-corrected chi connectivity index (χ2v) is 4.07. The molecule has 2 N–H and O–H groups in total. The molecule has 1 aliphatic rings. The van der Waals surface area contributed by atoms with Crippen LogP contribution in [0.5, 0.6) is 0 Å². The van der Waals surface area contributed by atoms with E-state index in [1.807, 2.05) is 6.20 Å². The summed E-state index contributed by atoms with van der Waals surface area (Å²) in [7, 11) is 0. The number of aromatic nitrogens is 2. The predicted molar refractivity (Wildman–Crippen MR) is 52.9 cm³/mol. The van der Waals surface area contributed by atoms with E-state index in [1.54, 1.807) is 0 Å². The number of aromatic amines is 1. The molecule has 0 bridgehead atoms. The van der Waals surface area contributed by atoms with Gasteiger partial charge in [0, 0.05) is 24.4 Å². The third kappa shape index (κ3) is 1.75. The van der Waals surface area contributed by atoms with E-state index in [-0.39, 0.29) is 0 Å². The van der Waals surface area contributed by atoms with Gasteiger partial charge in [0.05, 0.1) is 0 Å². The Labute approximate surface area is 79.0 Å². The summed E-state index contributed by atoms with van der Waals surface area (Å²) in [5.41, 5.74) is 1.25. The van der Waals surface area contributed by atoms with Gasteiger partial charge in [-0.15, -0.1) is 0 Å². The molecule has 1 saturated heterocycles. The molecule has 72 valence electrons. The SMILES string of the molecule is CC(C)c1cnc(C2CCNC2)[nH]1. The minimum Gasteiger partial charge on any atom is -0.345 e. The van der Waals surface area contributed by atoms with Gasteiger partial charge in [-0.2, -0.15) is 0 Å². The molecule has 0 radical (unpaired) electrons. The van der Waals surface area contributed by atoms with Gasteiger partial charge in [-0.25, -0.2) is 4.98 Å². The lowest BCUT2D eigenvalue weighted by Crippen LogP contribution is -2.08. The highest BCUT2D eigenvalue weighted by molar-refractivity contribution is 5.10. The molecule has 0 spiro atoms. The molecule has 1 aromatic rings. The first-order chi connectivity index (χ1) is 6.27. The molecule has 13 heavy (non-hydrogen) atoms. The smallest absolute Gasteiger partial charge is 0.110 e. The largest absolute Gasteiger partial charge is 0.345 e. The van der Waals surface area contributed by atoms with Crippen LogP contribution in [-0.4, -0.2) is 23.1 Å². The fraction of sp³-hybridized carbons (Fsp3) is 0.700. The van der Waals surface area contributed by atoms with E-state index in [1.165, 1.54) is 12.1 Å². The summed E-state index contributed by atoms with van der Waals surface area (Å²) in [6.07, 6.45) is 3.18. The Hall–Kier alpha value is -0.830. The standard InChI is InChI=1S/C10H17N3/c1-7(2)9-6-12-10(13-9)8-3-4-11-5-8/h6-8,11H,3-5H2,1-2H3,(H,12,13). The molecule has 3 heteroatoms. The summed E-state index contributed by atoms with van der Waals surface area (Å²) in [5, 5.41) is 3.35. The Bertz CT molecular complexity index is 271. The minimum absolute atomic E-state index is 0.551. The van der Waals surface area contributed by atoms with Gasteiger partial charge in [-0.1, -0.05) is 13.8 Å². The molecule has 2 heterocycles. The Morgan fingerprint density at radius 3 is 2.92 bits per heavy atom. The van der Waals surface area contributed by atoms with Crippen molar-refractivity contribution >= 4 is 0 Å². The first kappa shape index (κ1) is 8.75. The molecule has 0 aromatic carbocycles. The number of hydrogen-bond donors (Lipinski definition) is 2. The summed E-state index contributed by atoms with van der Waals surface area (Å²) < 4.78 is 0. The van der Waals surface area contributed by atoms with Gasteiger partial charge in [0.2, 0.25) is 0 Å². The summed E-state index contributed by atoms with van der Waals surface area (Å²) in [5.74, 6) is 2.32. The van der Waals surface area contributed by atoms with Crippen molar-refractivity contribution in [3.63, 3.8) is 0 Å². The third-order valence-corrected chi connectivity index (χ3v) is 2.68. The zero-order valence-electron chi connectivity index (χ0n) is 8.30. The first-order valence-electron chi connectivity index (χ1n) is 5.03. The molecule has 0 aliphatic carbocycles. The molecule has 0 amide bonds. The van der Waals surface area contributed by atoms with Crippen molar-refractivity contribution in [1.29, 1.82) is 0 Å². The molecular formula is C10H17N3. The average Bonchev–Trinajstić information content (AvgIpc) is 2.75. The van der Waals surface area contributed by atoms with E-state index in [4.69, 9.17) is 0 Å². The van der Waals surface area contributed by atoms with E-state index in [0.717, 1.165) is 18.9 Å². The number of imidazole rings is 1. The van der Waals surface area contributed by atoms with Crippen LogP contribution in [0, 0.1) is 0 Å². The van der Waals surface area contributed by atoms with Gasteiger partial charge in [-0.3, -0.25) is 0 Å². The molecule has 1 aromatic heterocycles. The van der Waals surface area contributed by atoms with Gasteiger partial charge in [0.1, 0.15) is 5.82 Å². The number of nitrogens with one attached hydrogen (secondary N) is 2. The number of nitrogens with zero attached hydrogens (tertiary/aromatic N) is 1. The zero-order valence-corrected chi connectivity index (χ0v) is 8.30. The number of rotatable bonds is 2. The van der Waals surface area contributed by atoms with Crippen LogP contribution >= 0.6 is 0 Å². The number of hydrogen-bond acceptors (Lipinski definition) is 2. The lowest BCUT2D eigenvalue weighted by Gasteiger charge is -2.04. The van der Waals surface area contributed by atoms with E-state index in [2.05, 4.69) is 29.1 Å². The molecule has 0 saturated carbocycles. The van der Waals surface area contributed by atoms with Gasteiger partial charge in [-0.05, 0) is 18.9 Å². The van der Waals surface area contributed by atoms with Crippen LogP contribution in [0.2, 0.25) is 0 Å². The van der Waals surface area contributed by atoms with Gasteiger partial charge >= 0.3 is 0 Å².